The van der Waals surface area contributed by atoms with Crippen LogP contribution in [-0.2, 0) is 13.1 Å². The Balaban J connectivity index is 0.00000167. The Morgan fingerprint density at radius 2 is 1.71 bits per heavy atom. The van der Waals surface area contributed by atoms with Crippen LogP contribution in [0.2, 0.25) is 10.0 Å². The van der Waals surface area contributed by atoms with Gasteiger partial charge in [0.2, 0.25) is 0 Å². The molecule has 4 aromatic rings. The zero-order valence-electron chi connectivity index (χ0n) is 18.9. The molecule has 0 saturated carbocycles. The predicted octanol–water partition coefficient (Wildman–Crippen LogP) is 8.34. The van der Waals surface area contributed by atoms with Gasteiger partial charge in [0.15, 0.2) is 0 Å². The molecule has 1 aromatic heterocycles. The molecular weight excluding hydrogens is 700 g/mol. The lowest BCUT2D eigenvalue weighted by molar-refractivity contribution is 0.0827. The molecule has 0 saturated heterocycles. The summed E-state index contributed by atoms with van der Waals surface area (Å²) in [7, 11) is 7.00. The largest absolute Gasteiger partial charge is 0.345 e. The molecule has 3 aromatic carbocycles. The number of carbonyl (C=O) groups is 1. The Hall–Kier alpha value is -0.880. The Kier molecular flexibility index (Phi) is 10.7. The van der Waals surface area contributed by atoms with Crippen molar-refractivity contribution in [3.05, 3.63) is 92.0 Å². The second-order valence-corrected chi connectivity index (χ2v) is 10.7. The van der Waals surface area contributed by atoms with Gasteiger partial charge in [0.05, 0.1) is 15.6 Å². The predicted molar refractivity (Wildman–Crippen MR) is 165 cm³/mol. The fraction of sp³-hybridized carbons (Fsp3) is 0.160. The van der Waals surface area contributed by atoms with E-state index in [2.05, 4.69) is 48.5 Å². The Bertz CT molecular complexity index is 1350. The number of halogens is 4. The van der Waals surface area contributed by atoms with E-state index >= 15 is 0 Å². The van der Waals surface area contributed by atoms with Gasteiger partial charge in [-0.2, -0.15) is 0 Å². The molecule has 2 N–H and O–H groups in total. The zero-order chi connectivity index (χ0) is 25.7. The van der Waals surface area contributed by atoms with Crippen LogP contribution in [0.4, 0.5) is 0 Å². The topological polar surface area (TPSA) is 51.3 Å². The highest BCUT2D eigenvalue weighted by molar-refractivity contribution is 14.2. The number of thiol groups is 1. The number of carbonyl (C=O) groups excluding carboxylic acids is 1. The van der Waals surface area contributed by atoms with Crippen LogP contribution in [-0.4, -0.2) is 29.5 Å². The Morgan fingerprint density at radius 3 is 2.31 bits per heavy atom. The standard InChI is InChI=1S/C25H22BrCl2N3OS.HIS/c1-30(2)25(32)16-5-3-15(4-6-16)14-31-17(13-29)9-20-21(26)10-19(12-24(20)31)33-18-7-8-22(27)23(28)11-18;1-2/h3-12H,13-14,29H2,1-2H3;2H. The van der Waals surface area contributed by atoms with Gasteiger partial charge in [-0.15, -0.1) is 9.80 Å². The van der Waals surface area contributed by atoms with Crippen molar-refractivity contribution in [1.29, 1.82) is 0 Å². The van der Waals surface area contributed by atoms with E-state index in [0.717, 1.165) is 36.4 Å². The smallest absolute Gasteiger partial charge is 0.253 e. The lowest BCUT2D eigenvalue weighted by Gasteiger charge is -2.13. The molecule has 0 aliphatic carbocycles. The first-order chi connectivity index (χ1) is 16.8. The third-order valence-corrected chi connectivity index (χ3v) is 7.67. The van der Waals surface area contributed by atoms with Crippen LogP contribution < -0.4 is 5.73 Å². The fourth-order valence-corrected chi connectivity index (χ4v) is 5.64. The van der Waals surface area contributed by atoms with Crippen LogP contribution in [0.15, 0.2) is 74.9 Å². The molecule has 1 amide bonds. The van der Waals surface area contributed by atoms with Crippen molar-refractivity contribution in [2.24, 2.45) is 5.73 Å². The molecule has 0 atom stereocenters. The van der Waals surface area contributed by atoms with E-state index in [1.165, 1.54) is 0 Å². The first kappa shape index (κ1) is 28.7. The first-order valence-electron chi connectivity index (χ1n) is 10.4. The van der Waals surface area contributed by atoms with E-state index in [4.69, 9.17) is 28.9 Å². The average molecular weight is 723 g/mol. The Labute approximate surface area is 245 Å². The maximum atomic E-state index is 12.2. The molecule has 0 unspecified atom stereocenters. The third kappa shape index (κ3) is 6.91. The molecule has 0 aliphatic rings. The highest BCUT2D eigenvalue weighted by atomic mass is 127. The summed E-state index contributed by atoms with van der Waals surface area (Å²) >= 11 is 19.5. The lowest BCUT2D eigenvalue weighted by Crippen LogP contribution is -2.21. The number of nitrogens with two attached hydrogens (primary N) is 1. The molecule has 0 spiro atoms. The zero-order valence-corrected chi connectivity index (χ0v) is 25.9. The Morgan fingerprint density at radius 1 is 1.03 bits per heavy atom. The van der Waals surface area contributed by atoms with Crippen LogP contribution in [0, 0.1) is 0 Å². The summed E-state index contributed by atoms with van der Waals surface area (Å²) < 4.78 is 3.23. The molecule has 184 valence electrons. The molecule has 0 aliphatic heterocycles. The van der Waals surface area contributed by atoms with Crippen molar-refractivity contribution >= 4 is 98.7 Å². The van der Waals surface area contributed by atoms with Crippen molar-refractivity contribution in [2.45, 2.75) is 22.9 Å². The maximum Gasteiger partial charge on any atom is 0.253 e. The summed E-state index contributed by atoms with van der Waals surface area (Å²) in [5.41, 5.74) is 9.97. The van der Waals surface area contributed by atoms with Crippen LogP contribution in [0.5, 0.6) is 0 Å². The molecule has 10 heteroatoms. The van der Waals surface area contributed by atoms with E-state index in [1.54, 1.807) is 36.8 Å². The minimum atomic E-state index is -0.0106. The number of rotatable bonds is 6. The van der Waals surface area contributed by atoms with Crippen molar-refractivity contribution in [3.63, 3.8) is 0 Å². The minimum Gasteiger partial charge on any atom is -0.345 e. The van der Waals surface area contributed by atoms with E-state index in [1.807, 2.05) is 57.6 Å². The van der Waals surface area contributed by atoms with Crippen molar-refractivity contribution < 1.29 is 4.79 Å². The average Bonchev–Trinajstić information content (AvgIpc) is 3.20. The monoisotopic (exact) mass is 721 g/mol. The van der Waals surface area contributed by atoms with Crippen LogP contribution >= 0.6 is 81.9 Å². The molecule has 4 rings (SSSR count). The minimum absolute atomic E-state index is 0.0106. The van der Waals surface area contributed by atoms with Gasteiger partial charge in [0.25, 0.3) is 5.91 Å². The quantitative estimate of drug-likeness (QED) is 0.156. The highest BCUT2D eigenvalue weighted by Crippen LogP contribution is 2.37. The van der Waals surface area contributed by atoms with Gasteiger partial charge in [0, 0.05) is 58.1 Å². The van der Waals surface area contributed by atoms with E-state index in [9.17, 15) is 4.79 Å². The van der Waals surface area contributed by atoms with E-state index in [-0.39, 0.29) is 5.91 Å². The number of aromatic nitrogens is 1. The van der Waals surface area contributed by atoms with Gasteiger partial charge in [0.1, 0.15) is 0 Å². The van der Waals surface area contributed by atoms with Gasteiger partial charge in [-0.3, -0.25) is 4.79 Å². The number of nitrogens with zero attached hydrogens (tertiary/aromatic N) is 2. The van der Waals surface area contributed by atoms with E-state index in [0.29, 0.717) is 28.7 Å². The highest BCUT2D eigenvalue weighted by Gasteiger charge is 2.14. The lowest BCUT2D eigenvalue weighted by atomic mass is 10.1. The molecule has 0 fully saturated rings. The molecule has 35 heavy (non-hydrogen) atoms. The summed E-state index contributed by atoms with van der Waals surface area (Å²) in [6.45, 7) is 1.08. The van der Waals surface area contributed by atoms with Gasteiger partial charge < -0.3 is 15.2 Å². The van der Waals surface area contributed by atoms with Crippen LogP contribution in [0.1, 0.15) is 21.6 Å². The van der Waals surface area contributed by atoms with Gasteiger partial charge in [-0.1, -0.05) is 63.0 Å². The summed E-state index contributed by atoms with van der Waals surface area (Å²) in [6, 6.07) is 19.7. The summed E-state index contributed by atoms with van der Waals surface area (Å²) in [5.74, 6) is -0.0106. The molecule has 0 bridgehead atoms. The van der Waals surface area contributed by atoms with Gasteiger partial charge in [-0.05, 0) is 75.3 Å². The molecule has 1 heterocycles. The summed E-state index contributed by atoms with van der Waals surface area (Å²) in [4.78, 5) is 15.8. The number of hydrogen-bond acceptors (Lipinski definition) is 4. The number of fused-ring (bicyclic) bond motifs is 1. The number of benzene rings is 3. The van der Waals surface area contributed by atoms with Crippen molar-refractivity contribution in [2.75, 3.05) is 14.1 Å². The normalized spacial score (nSPS) is 10.7. The number of amides is 1. The van der Waals surface area contributed by atoms with Gasteiger partial charge >= 0.3 is 0 Å². The SMILES string of the molecule is CN(C)C(=O)c1ccc(Cn2c(CN)cc3c(Br)cc(Sc4ccc(Cl)c(Cl)c4)cc32)cc1.SI. The fourth-order valence-electron chi connectivity index (χ4n) is 3.63. The van der Waals surface area contributed by atoms with Crippen molar-refractivity contribution in [1.82, 2.24) is 9.47 Å². The van der Waals surface area contributed by atoms with Crippen LogP contribution in [0.25, 0.3) is 10.9 Å². The maximum absolute atomic E-state index is 12.2. The summed E-state index contributed by atoms with van der Waals surface area (Å²) in [6.07, 6.45) is 0. The van der Waals surface area contributed by atoms with Gasteiger partial charge in [-0.25, -0.2) is 0 Å². The second kappa shape index (κ2) is 13.1. The van der Waals surface area contributed by atoms with E-state index < -0.39 is 0 Å². The first-order valence-corrected chi connectivity index (χ1v) is 16.0. The second-order valence-electron chi connectivity index (χ2n) is 7.84. The number of hydrogen-bond donors (Lipinski definition) is 2. The summed E-state index contributed by atoms with van der Waals surface area (Å²) in [5, 5.41) is 2.18. The third-order valence-electron chi connectivity index (χ3n) is 5.31. The van der Waals surface area contributed by atoms with Crippen molar-refractivity contribution in [3.8, 4) is 0 Å². The molecule has 4 nitrogen and oxygen atoms in total. The molecule has 0 radical (unpaired) electrons. The molecular formula is C25H23BrCl2IN3OS2. The van der Waals surface area contributed by atoms with Crippen LogP contribution in [0.3, 0.4) is 0 Å².